The maximum absolute atomic E-state index is 13.4. The minimum atomic E-state index is -1.71. The van der Waals surface area contributed by atoms with E-state index in [4.69, 9.17) is 19.9 Å². The molecule has 1 fully saturated rings. The highest BCUT2D eigenvalue weighted by Crippen LogP contribution is 2.26. The largest absolute Gasteiger partial charge is 0.380 e. The van der Waals surface area contributed by atoms with Crippen LogP contribution in [0.25, 0.3) is 0 Å². The lowest BCUT2D eigenvalue weighted by atomic mass is 9.83. The number of alkyl halides is 1. The zero-order valence-corrected chi connectivity index (χ0v) is 17.5. The minimum Gasteiger partial charge on any atom is -0.380 e. The topological polar surface area (TPSA) is 103 Å². The standard InChI is InChI=1S/C14H27FN2O5.2C2H6/c1-5-7(15)10(18)14(19)17-9-6-8(16)11(20-2)13(22-4)12(9)21-3;2*1-2/h7-13,18H,5-6,16H2,1-4H3,(H,17,19);2*1-2H3/t7?,8-,9+,10?,11+,12?,13-;;/m0../s1. The Balaban J connectivity index is 0. The lowest BCUT2D eigenvalue weighted by Crippen LogP contribution is -2.65. The van der Waals surface area contributed by atoms with Gasteiger partial charge in [0, 0.05) is 27.4 Å². The molecule has 0 saturated heterocycles. The maximum Gasteiger partial charge on any atom is 0.252 e. The third kappa shape index (κ3) is 7.44. The van der Waals surface area contributed by atoms with Crippen LogP contribution in [-0.2, 0) is 19.0 Å². The molecule has 0 bridgehead atoms. The van der Waals surface area contributed by atoms with Crippen LogP contribution in [0.1, 0.15) is 47.5 Å². The van der Waals surface area contributed by atoms with E-state index >= 15 is 0 Å². The number of hydrogen-bond acceptors (Lipinski definition) is 6. The van der Waals surface area contributed by atoms with Gasteiger partial charge < -0.3 is 30.4 Å². The molecule has 0 aromatic heterocycles. The van der Waals surface area contributed by atoms with E-state index in [1.165, 1.54) is 21.3 Å². The van der Waals surface area contributed by atoms with Gasteiger partial charge in [-0.15, -0.1) is 0 Å². The molecule has 1 aliphatic carbocycles. The lowest BCUT2D eigenvalue weighted by molar-refractivity contribution is -0.154. The molecule has 26 heavy (non-hydrogen) atoms. The Morgan fingerprint density at radius 1 is 1.12 bits per heavy atom. The highest BCUT2D eigenvalue weighted by atomic mass is 19.1. The number of halogens is 1. The molecule has 7 nitrogen and oxygen atoms in total. The third-order valence-electron chi connectivity index (χ3n) is 4.14. The summed E-state index contributed by atoms with van der Waals surface area (Å²) in [6.07, 6.45) is -4.25. The molecule has 1 amide bonds. The summed E-state index contributed by atoms with van der Waals surface area (Å²) in [6, 6.07) is -0.876. The molecule has 0 aromatic carbocycles. The van der Waals surface area contributed by atoms with E-state index in [0.29, 0.717) is 6.42 Å². The van der Waals surface area contributed by atoms with Gasteiger partial charge in [0.1, 0.15) is 24.5 Å². The minimum absolute atomic E-state index is 0.0545. The number of ether oxygens (including phenoxy) is 3. The van der Waals surface area contributed by atoms with Gasteiger partial charge in [0.05, 0.1) is 6.04 Å². The Kier molecular flexibility index (Phi) is 16.1. The van der Waals surface area contributed by atoms with Crippen molar-refractivity contribution in [2.24, 2.45) is 5.73 Å². The summed E-state index contributed by atoms with van der Waals surface area (Å²) < 4.78 is 29.6. The molecule has 158 valence electrons. The average Bonchev–Trinajstić information content (AvgIpc) is 2.69. The van der Waals surface area contributed by atoms with E-state index in [2.05, 4.69) is 5.32 Å². The van der Waals surface area contributed by atoms with Gasteiger partial charge in [0.15, 0.2) is 6.10 Å². The number of rotatable bonds is 7. The van der Waals surface area contributed by atoms with Crippen LogP contribution in [0.3, 0.4) is 0 Å². The second-order valence-corrected chi connectivity index (χ2v) is 5.48. The summed E-state index contributed by atoms with van der Waals surface area (Å²) >= 11 is 0. The first-order valence-electron chi connectivity index (χ1n) is 9.37. The van der Waals surface area contributed by atoms with Gasteiger partial charge in [-0.05, 0) is 12.8 Å². The monoisotopic (exact) mass is 382 g/mol. The Hall–Kier alpha value is -0.800. The summed E-state index contributed by atoms with van der Waals surface area (Å²) in [7, 11) is 4.52. The predicted octanol–water partition coefficient (Wildman–Crippen LogP) is 1.41. The molecule has 1 aliphatic rings. The molecule has 4 N–H and O–H groups in total. The van der Waals surface area contributed by atoms with Gasteiger partial charge in [0.2, 0.25) is 0 Å². The summed E-state index contributed by atoms with van der Waals surface area (Å²) in [6.45, 7) is 9.56. The fourth-order valence-corrected chi connectivity index (χ4v) is 2.89. The molecule has 3 unspecified atom stereocenters. The highest BCUT2D eigenvalue weighted by Gasteiger charge is 2.45. The number of hydrogen-bond donors (Lipinski definition) is 3. The number of aliphatic hydroxyl groups is 1. The van der Waals surface area contributed by atoms with Crippen molar-refractivity contribution < 1.29 is 28.5 Å². The van der Waals surface area contributed by atoms with Gasteiger partial charge in [-0.1, -0.05) is 34.6 Å². The Labute approximate surface area is 157 Å². The van der Waals surface area contributed by atoms with Gasteiger partial charge in [-0.2, -0.15) is 0 Å². The van der Waals surface area contributed by atoms with Gasteiger partial charge in [-0.3, -0.25) is 4.79 Å². The first kappa shape index (κ1) is 27.4. The molecule has 0 aliphatic heterocycles. The Bertz CT molecular complexity index is 362. The van der Waals surface area contributed by atoms with Crippen molar-refractivity contribution in [3.05, 3.63) is 0 Å². The van der Waals surface area contributed by atoms with Crippen LogP contribution in [-0.4, -0.2) is 75.0 Å². The van der Waals surface area contributed by atoms with E-state index in [1.807, 2.05) is 27.7 Å². The normalized spacial score (nSPS) is 30.0. The summed E-state index contributed by atoms with van der Waals surface area (Å²) in [5.74, 6) is -0.778. The van der Waals surface area contributed by atoms with Crippen LogP contribution in [0.5, 0.6) is 0 Å². The molecule has 7 atom stereocenters. The molecular formula is C18H39FN2O5. The fraction of sp³-hybridized carbons (Fsp3) is 0.944. The zero-order valence-electron chi connectivity index (χ0n) is 17.5. The number of nitrogens with two attached hydrogens (primary N) is 1. The van der Waals surface area contributed by atoms with Crippen molar-refractivity contribution in [2.45, 2.75) is 90.1 Å². The Morgan fingerprint density at radius 2 is 1.58 bits per heavy atom. The fourth-order valence-electron chi connectivity index (χ4n) is 2.89. The molecule has 8 heteroatoms. The van der Waals surface area contributed by atoms with Crippen LogP contribution in [0.4, 0.5) is 4.39 Å². The molecule has 1 saturated carbocycles. The first-order chi connectivity index (χ1) is 12.4. The van der Waals surface area contributed by atoms with Crippen LogP contribution in [0.2, 0.25) is 0 Å². The second-order valence-electron chi connectivity index (χ2n) is 5.48. The maximum atomic E-state index is 13.4. The van der Waals surface area contributed by atoms with Crippen molar-refractivity contribution in [1.29, 1.82) is 0 Å². The van der Waals surface area contributed by atoms with E-state index in [0.717, 1.165) is 0 Å². The van der Waals surface area contributed by atoms with E-state index in [1.54, 1.807) is 6.92 Å². The second kappa shape index (κ2) is 15.3. The highest BCUT2D eigenvalue weighted by molar-refractivity contribution is 5.81. The molecular weight excluding hydrogens is 343 g/mol. The molecule has 0 aromatic rings. The smallest absolute Gasteiger partial charge is 0.252 e. The van der Waals surface area contributed by atoms with Crippen molar-refractivity contribution in [2.75, 3.05) is 21.3 Å². The number of carbonyl (C=O) groups is 1. The van der Waals surface area contributed by atoms with E-state index < -0.39 is 36.4 Å². The summed E-state index contributed by atoms with van der Waals surface area (Å²) in [4.78, 5) is 12.0. The van der Waals surface area contributed by atoms with Crippen LogP contribution in [0.15, 0.2) is 0 Å². The number of aliphatic hydroxyl groups excluding tert-OH is 1. The van der Waals surface area contributed by atoms with Gasteiger partial charge in [0.25, 0.3) is 5.91 Å². The summed E-state index contributed by atoms with van der Waals surface area (Å²) in [5.41, 5.74) is 6.05. The quantitative estimate of drug-likeness (QED) is 0.615. The Morgan fingerprint density at radius 3 is 1.96 bits per heavy atom. The number of amides is 1. The molecule has 0 heterocycles. The SMILES string of the molecule is CC.CC.CCC(F)C(O)C(=O)N[C@@H]1C[C@H](N)[C@@H](OC)[C@H](OC)C1OC. The number of carbonyl (C=O) groups excluding carboxylic acids is 1. The lowest BCUT2D eigenvalue weighted by Gasteiger charge is -2.44. The van der Waals surface area contributed by atoms with Gasteiger partial charge in [-0.25, -0.2) is 4.39 Å². The van der Waals surface area contributed by atoms with Crippen LogP contribution < -0.4 is 11.1 Å². The third-order valence-corrected chi connectivity index (χ3v) is 4.14. The van der Waals surface area contributed by atoms with Crippen LogP contribution >= 0.6 is 0 Å². The van der Waals surface area contributed by atoms with Crippen molar-refractivity contribution in [3.63, 3.8) is 0 Å². The van der Waals surface area contributed by atoms with Crippen LogP contribution in [0, 0.1) is 0 Å². The van der Waals surface area contributed by atoms with Crippen molar-refractivity contribution in [3.8, 4) is 0 Å². The first-order valence-corrected chi connectivity index (χ1v) is 9.37. The average molecular weight is 383 g/mol. The summed E-state index contributed by atoms with van der Waals surface area (Å²) in [5, 5.41) is 12.3. The number of methoxy groups -OCH3 is 3. The van der Waals surface area contributed by atoms with E-state index in [-0.39, 0.29) is 18.6 Å². The molecule has 1 rings (SSSR count). The van der Waals surface area contributed by atoms with Gasteiger partial charge >= 0.3 is 0 Å². The van der Waals surface area contributed by atoms with Crippen molar-refractivity contribution >= 4 is 5.91 Å². The molecule has 0 radical (unpaired) electrons. The van der Waals surface area contributed by atoms with Crippen molar-refractivity contribution in [1.82, 2.24) is 5.32 Å². The molecule has 0 spiro atoms. The predicted molar refractivity (Wildman–Crippen MR) is 101 cm³/mol. The number of nitrogens with one attached hydrogen (secondary N) is 1. The zero-order chi connectivity index (χ0) is 20.9. The van der Waals surface area contributed by atoms with E-state index in [9.17, 15) is 14.3 Å².